The van der Waals surface area contributed by atoms with Gasteiger partial charge >= 0.3 is 6.16 Å². The van der Waals surface area contributed by atoms with Crippen molar-refractivity contribution >= 4 is 6.16 Å². The molecule has 0 heterocycles. The third-order valence-corrected chi connectivity index (χ3v) is 0.777. The fourth-order valence-electron chi connectivity index (χ4n) is 0.336. The van der Waals surface area contributed by atoms with Crippen LogP contribution >= 0.6 is 0 Å². The van der Waals surface area contributed by atoms with Gasteiger partial charge in [0.1, 0.15) is 0 Å². The summed E-state index contributed by atoms with van der Waals surface area (Å²) in [5.41, 5.74) is 0. The molecule has 0 aliphatic carbocycles. The Labute approximate surface area is 76.6 Å². The highest BCUT2D eigenvalue weighted by Gasteiger charge is 2.01. The van der Waals surface area contributed by atoms with Crippen LogP contribution in [0.5, 0.6) is 0 Å². The Bertz CT molecular complexity index is 203. The molecule has 0 bridgehead atoms. The Balaban J connectivity index is 3.66. The molecule has 0 spiro atoms. The summed E-state index contributed by atoms with van der Waals surface area (Å²) in [6.07, 6.45) is -5.51. The first-order valence-corrected chi connectivity index (χ1v) is 3.29. The molecule has 80 valence electrons. The minimum absolute atomic E-state index is 0.290. The zero-order valence-corrected chi connectivity index (χ0v) is 6.70. The van der Waals surface area contributed by atoms with Crippen LogP contribution in [0.25, 0.3) is 0 Å². The average molecular weight is 214 g/mol. The lowest BCUT2D eigenvalue weighted by Crippen LogP contribution is -1.99. The van der Waals surface area contributed by atoms with Crippen LogP contribution in [-0.4, -0.2) is 19.0 Å². The highest BCUT2D eigenvalue weighted by molar-refractivity contribution is 5.61. The summed E-state index contributed by atoms with van der Waals surface area (Å²) >= 11 is 0. The smallest absolute Gasteiger partial charge is 0.403 e. The van der Waals surface area contributed by atoms with Gasteiger partial charge in [-0.3, -0.25) is 0 Å². The van der Waals surface area contributed by atoms with E-state index in [1.807, 2.05) is 0 Å². The molecule has 14 heavy (non-hydrogen) atoms. The number of alkyl halides is 4. The fraction of sp³-hybridized carbons (Fsp3) is 0.286. The minimum Gasteiger partial charge on any atom is -0.403 e. The van der Waals surface area contributed by atoms with E-state index in [0.717, 1.165) is 0 Å². The van der Waals surface area contributed by atoms with Crippen molar-refractivity contribution in [3.63, 3.8) is 0 Å². The maximum Gasteiger partial charge on any atom is 0.518 e. The third kappa shape index (κ3) is 8.57. The van der Waals surface area contributed by atoms with E-state index in [9.17, 15) is 22.4 Å². The lowest BCUT2D eigenvalue weighted by atomic mass is 10.7. The van der Waals surface area contributed by atoms with Crippen molar-refractivity contribution in [1.82, 2.24) is 0 Å². The monoisotopic (exact) mass is 214 g/mol. The Morgan fingerprint density at radius 2 is 1.29 bits per heavy atom. The van der Waals surface area contributed by atoms with Crippen molar-refractivity contribution in [1.29, 1.82) is 0 Å². The van der Waals surface area contributed by atoms with Crippen molar-refractivity contribution < 1.29 is 31.8 Å². The molecule has 0 fully saturated rings. The van der Waals surface area contributed by atoms with Gasteiger partial charge in [-0.1, -0.05) is 0 Å². The standard InChI is InChI=1S/C7H6F4O3/c8-5(9)1-3-13-7(12)14-4-2-6(10)11/h1-6H. The van der Waals surface area contributed by atoms with Crippen LogP contribution < -0.4 is 0 Å². The molecule has 0 aromatic rings. The SMILES string of the molecule is O=C(OC=CC(F)F)OC=CC(F)F. The molecule has 0 radical (unpaired) electrons. The number of carbonyl (C=O) groups excluding carboxylic acids is 1. The molecular formula is C7H6F4O3. The first-order chi connectivity index (χ1) is 6.52. The second-order valence-corrected chi connectivity index (χ2v) is 1.81. The molecular weight excluding hydrogens is 208 g/mol. The van der Waals surface area contributed by atoms with E-state index >= 15 is 0 Å². The molecule has 0 amide bonds. The second-order valence-electron chi connectivity index (χ2n) is 1.81. The van der Waals surface area contributed by atoms with Crippen LogP contribution in [0.3, 0.4) is 0 Å². The van der Waals surface area contributed by atoms with Gasteiger partial charge in [-0.2, -0.15) is 0 Å². The molecule has 0 saturated heterocycles. The van der Waals surface area contributed by atoms with E-state index in [2.05, 4.69) is 9.47 Å². The van der Waals surface area contributed by atoms with Gasteiger partial charge in [0.15, 0.2) is 0 Å². The topological polar surface area (TPSA) is 35.5 Å². The average Bonchev–Trinajstić information content (AvgIpc) is 2.02. The van der Waals surface area contributed by atoms with Crippen LogP contribution in [0, 0.1) is 0 Å². The molecule has 3 nitrogen and oxygen atoms in total. The van der Waals surface area contributed by atoms with Crippen molar-refractivity contribution in [2.24, 2.45) is 0 Å². The van der Waals surface area contributed by atoms with Gasteiger partial charge in [0.25, 0.3) is 12.9 Å². The first kappa shape index (κ1) is 12.5. The largest absolute Gasteiger partial charge is 0.518 e. The predicted octanol–water partition coefficient (Wildman–Crippen LogP) is 2.70. The lowest BCUT2D eigenvalue weighted by molar-refractivity contribution is 0.116. The van der Waals surface area contributed by atoms with Gasteiger partial charge in [0.2, 0.25) is 0 Å². The zero-order valence-electron chi connectivity index (χ0n) is 6.70. The zero-order chi connectivity index (χ0) is 11.0. The number of halogens is 4. The molecule has 0 atom stereocenters. The molecule has 0 aliphatic heterocycles. The van der Waals surface area contributed by atoms with Crippen molar-refractivity contribution in [2.45, 2.75) is 12.9 Å². The highest BCUT2D eigenvalue weighted by Crippen LogP contribution is 1.97. The summed E-state index contributed by atoms with van der Waals surface area (Å²) in [7, 11) is 0. The number of allylic oxidation sites excluding steroid dienone is 2. The van der Waals surface area contributed by atoms with Gasteiger partial charge in [-0.25, -0.2) is 22.4 Å². The summed E-state index contributed by atoms with van der Waals surface area (Å²) in [5.74, 6) is 0. The van der Waals surface area contributed by atoms with E-state index in [1.54, 1.807) is 0 Å². The molecule has 0 N–H and O–H groups in total. The molecule has 0 aliphatic rings. The quantitative estimate of drug-likeness (QED) is 0.410. The Morgan fingerprint density at radius 1 is 0.929 bits per heavy atom. The number of hydrogen-bond donors (Lipinski definition) is 0. The van der Waals surface area contributed by atoms with Crippen LogP contribution in [0.15, 0.2) is 24.7 Å². The van der Waals surface area contributed by atoms with Crippen LogP contribution in [0.4, 0.5) is 22.4 Å². The molecule has 7 heteroatoms. The second kappa shape index (κ2) is 6.93. The van der Waals surface area contributed by atoms with Crippen molar-refractivity contribution in [3.05, 3.63) is 24.7 Å². The van der Waals surface area contributed by atoms with Gasteiger partial charge in [-0.15, -0.1) is 0 Å². The van der Waals surface area contributed by atoms with Crippen LogP contribution in [0.1, 0.15) is 0 Å². The molecule has 0 aromatic carbocycles. The molecule has 0 aromatic heterocycles. The number of carbonyl (C=O) groups is 1. The van der Waals surface area contributed by atoms with Crippen LogP contribution in [-0.2, 0) is 9.47 Å². The normalized spacial score (nSPS) is 11.9. The third-order valence-electron chi connectivity index (χ3n) is 0.777. The molecule has 0 rings (SSSR count). The molecule has 0 unspecified atom stereocenters. The summed E-state index contributed by atoms with van der Waals surface area (Å²) in [5, 5.41) is 0. The number of ether oxygens (including phenoxy) is 2. The predicted molar refractivity (Wildman–Crippen MR) is 37.9 cm³/mol. The maximum atomic E-state index is 11.4. The van der Waals surface area contributed by atoms with Gasteiger partial charge in [0.05, 0.1) is 12.5 Å². The van der Waals surface area contributed by atoms with Gasteiger partial charge in [-0.05, 0) is 0 Å². The van der Waals surface area contributed by atoms with Crippen LogP contribution in [0.2, 0.25) is 0 Å². The summed E-state index contributed by atoms with van der Waals surface area (Å²) in [6.45, 7) is 0. The maximum absolute atomic E-state index is 11.4. The fourth-order valence-corrected chi connectivity index (χ4v) is 0.336. The summed E-state index contributed by atoms with van der Waals surface area (Å²) in [6, 6.07) is 0. The van der Waals surface area contributed by atoms with E-state index in [1.165, 1.54) is 0 Å². The summed E-state index contributed by atoms with van der Waals surface area (Å²) < 4.78 is 53.5. The van der Waals surface area contributed by atoms with Gasteiger partial charge < -0.3 is 9.47 Å². The van der Waals surface area contributed by atoms with Crippen molar-refractivity contribution in [3.8, 4) is 0 Å². The van der Waals surface area contributed by atoms with E-state index in [0.29, 0.717) is 12.5 Å². The van der Waals surface area contributed by atoms with Crippen molar-refractivity contribution in [2.75, 3.05) is 0 Å². The summed E-state index contributed by atoms with van der Waals surface area (Å²) in [4.78, 5) is 10.4. The van der Waals surface area contributed by atoms with E-state index in [-0.39, 0.29) is 12.2 Å². The number of hydrogen-bond acceptors (Lipinski definition) is 3. The molecule has 0 saturated carbocycles. The van der Waals surface area contributed by atoms with E-state index in [4.69, 9.17) is 0 Å². The number of rotatable bonds is 4. The Hall–Kier alpha value is -1.53. The minimum atomic E-state index is -2.76. The van der Waals surface area contributed by atoms with E-state index < -0.39 is 19.0 Å². The highest BCUT2D eigenvalue weighted by atomic mass is 19.3. The first-order valence-electron chi connectivity index (χ1n) is 3.29. The van der Waals surface area contributed by atoms with Gasteiger partial charge in [0, 0.05) is 12.2 Å². The Kier molecular flexibility index (Phi) is 6.17. The Morgan fingerprint density at radius 3 is 1.57 bits per heavy atom. The lowest BCUT2D eigenvalue weighted by Gasteiger charge is -1.95.